The van der Waals surface area contributed by atoms with Gasteiger partial charge in [0.05, 0.1) is 12.7 Å². The Kier molecular flexibility index (Phi) is 6.79. The van der Waals surface area contributed by atoms with Gasteiger partial charge in [-0.25, -0.2) is 14.0 Å². The molecule has 1 aliphatic heterocycles. The number of benzene rings is 1. The molecule has 0 unspecified atom stereocenters. The highest BCUT2D eigenvalue weighted by Crippen LogP contribution is 2.45. The van der Waals surface area contributed by atoms with E-state index in [-0.39, 0.29) is 24.2 Å². The molecule has 1 saturated heterocycles. The van der Waals surface area contributed by atoms with Crippen molar-refractivity contribution in [3.63, 3.8) is 0 Å². The molecule has 8 heteroatoms. The molecule has 1 aromatic carbocycles. The van der Waals surface area contributed by atoms with E-state index in [1.165, 1.54) is 13.2 Å². The summed E-state index contributed by atoms with van der Waals surface area (Å²) in [5, 5.41) is 0. The largest absolute Gasteiger partial charge is 0.490 e. The summed E-state index contributed by atoms with van der Waals surface area (Å²) in [5.74, 6) is -0.684. The highest BCUT2D eigenvalue weighted by molar-refractivity contribution is 5.90. The van der Waals surface area contributed by atoms with Crippen LogP contribution >= 0.6 is 0 Å². The van der Waals surface area contributed by atoms with E-state index in [1.54, 1.807) is 18.1 Å². The molecule has 0 aromatic heterocycles. The molecule has 0 N–H and O–H groups in total. The first-order valence-corrected chi connectivity index (χ1v) is 10.6. The van der Waals surface area contributed by atoms with Gasteiger partial charge in [-0.1, -0.05) is 0 Å². The normalized spacial score (nSPS) is 18.5. The second-order valence-corrected chi connectivity index (χ2v) is 9.28. The van der Waals surface area contributed by atoms with Crippen molar-refractivity contribution in [1.29, 1.82) is 0 Å². The quantitative estimate of drug-likeness (QED) is 0.619. The Balaban J connectivity index is 1.68. The minimum atomic E-state index is -0.700. The van der Waals surface area contributed by atoms with Crippen LogP contribution in [0.1, 0.15) is 68.3 Å². The molecule has 3 rings (SSSR count). The summed E-state index contributed by atoms with van der Waals surface area (Å²) in [6.07, 6.45) is 2.76. The summed E-state index contributed by atoms with van der Waals surface area (Å²) in [6, 6.07) is 2.80. The van der Waals surface area contributed by atoms with Crippen molar-refractivity contribution in [2.75, 3.05) is 33.9 Å². The minimum absolute atomic E-state index is 0.0797. The number of carbonyl (C=O) groups excluding carboxylic acids is 2. The summed E-state index contributed by atoms with van der Waals surface area (Å²) >= 11 is 0. The lowest BCUT2D eigenvalue weighted by Crippen LogP contribution is -2.51. The highest BCUT2D eigenvalue weighted by Gasteiger charge is 2.39. The molecule has 2 fully saturated rings. The van der Waals surface area contributed by atoms with Crippen LogP contribution in [0, 0.1) is 5.82 Å². The molecule has 0 radical (unpaired) electrons. The number of methoxy groups -OCH3 is 2. The highest BCUT2D eigenvalue weighted by atomic mass is 19.1. The van der Waals surface area contributed by atoms with E-state index in [9.17, 15) is 14.0 Å². The number of esters is 1. The predicted molar refractivity (Wildman–Crippen MR) is 112 cm³/mol. The van der Waals surface area contributed by atoms with Gasteiger partial charge in [0.25, 0.3) is 0 Å². The van der Waals surface area contributed by atoms with E-state index in [0.717, 1.165) is 18.4 Å². The fourth-order valence-corrected chi connectivity index (χ4v) is 3.72. The number of amides is 1. The topological polar surface area (TPSA) is 74.3 Å². The van der Waals surface area contributed by atoms with Crippen LogP contribution < -0.4 is 4.74 Å². The van der Waals surface area contributed by atoms with Crippen molar-refractivity contribution in [1.82, 2.24) is 4.90 Å². The van der Waals surface area contributed by atoms with Crippen LogP contribution in [0.15, 0.2) is 12.1 Å². The van der Waals surface area contributed by atoms with Gasteiger partial charge in [0.2, 0.25) is 0 Å². The summed E-state index contributed by atoms with van der Waals surface area (Å²) < 4.78 is 36.5. The van der Waals surface area contributed by atoms with Gasteiger partial charge in [0.15, 0.2) is 0 Å². The first-order valence-electron chi connectivity index (χ1n) is 10.6. The van der Waals surface area contributed by atoms with Gasteiger partial charge in [0, 0.05) is 26.3 Å². The van der Waals surface area contributed by atoms with Crippen LogP contribution in [0.2, 0.25) is 0 Å². The van der Waals surface area contributed by atoms with Gasteiger partial charge >= 0.3 is 12.1 Å². The smallest absolute Gasteiger partial charge is 0.410 e. The number of likely N-dealkylation sites (tertiary alicyclic amines) is 1. The standard InChI is InChI=1S/C23H32FNO6/c1-22(2,3)31-21(27)25-10-8-23(29-5,9-11-25)14-30-19-13-18(24)17(20(26)28-4)12-16(19)15-6-7-15/h12-13,15H,6-11,14H2,1-5H3. The lowest BCUT2D eigenvalue weighted by Gasteiger charge is -2.40. The van der Waals surface area contributed by atoms with Crippen LogP contribution in [0.4, 0.5) is 9.18 Å². The fourth-order valence-electron chi connectivity index (χ4n) is 3.72. The van der Waals surface area contributed by atoms with Crippen LogP contribution in [0.3, 0.4) is 0 Å². The Bertz CT molecular complexity index is 822. The number of hydrogen-bond acceptors (Lipinski definition) is 6. The zero-order valence-corrected chi connectivity index (χ0v) is 19.0. The number of nitrogens with zero attached hydrogens (tertiary/aromatic N) is 1. The summed E-state index contributed by atoms with van der Waals surface area (Å²) in [4.78, 5) is 25.8. The predicted octanol–water partition coefficient (Wildman–Crippen LogP) is 4.28. The first-order chi connectivity index (χ1) is 14.6. The Hall–Kier alpha value is -2.35. The van der Waals surface area contributed by atoms with Crippen LogP contribution in [-0.4, -0.2) is 62.1 Å². The summed E-state index contributed by atoms with van der Waals surface area (Å²) in [7, 11) is 2.85. The molecule has 0 spiro atoms. The van der Waals surface area contributed by atoms with Crippen LogP contribution in [0.25, 0.3) is 0 Å². The fraction of sp³-hybridized carbons (Fsp3) is 0.652. The Labute approximate surface area is 182 Å². The summed E-state index contributed by atoms with van der Waals surface area (Å²) in [5.41, 5.74) is -0.393. The van der Waals surface area contributed by atoms with E-state index in [1.807, 2.05) is 20.8 Å². The van der Waals surface area contributed by atoms with E-state index in [4.69, 9.17) is 14.2 Å². The maximum absolute atomic E-state index is 14.5. The molecular formula is C23H32FNO6. The zero-order chi connectivity index (χ0) is 22.8. The Morgan fingerprint density at radius 1 is 1.16 bits per heavy atom. The van der Waals surface area contributed by atoms with Crippen molar-refractivity contribution in [3.8, 4) is 5.75 Å². The second-order valence-electron chi connectivity index (χ2n) is 9.28. The molecule has 1 amide bonds. The Morgan fingerprint density at radius 3 is 2.32 bits per heavy atom. The molecule has 1 heterocycles. The van der Waals surface area contributed by atoms with Gasteiger partial charge in [-0.05, 0) is 64.0 Å². The Morgan fingerprint density at radius 2 is 1.81 bits per heavy atom. The molecule has 1 aliphatic carbocycles. The summed E-state index contributed by atoms with van der Waals surface area (Å²) in [6.45, 7) is 6.70. The SMILES string of the molecule is COC(=O)c1cc(C2CC2)c(OCC2(OC)CCN(C(=O)OC(C)(C)C)CC2)cc1F. The van der Waals surface area contributed by atoms with Crippen molar-refractivity contribution in [2.24, 2.45) is 0 Å². The lowest BCUT2D eigenvalue weighted by molar-refractivity contribution is -0.0837. The van der Waals surface area contributed by atoms with Gasteiger partial charge < -0.3 is 23.8 Å². The number of piperidine rings is 1. The number of halogens is 1. The number of ether oxygens (including phenoxy) is 4. The van der Waals surface area contributed by atoms with E-state index in [0.29, 0.717) is 31.7 Å². The third-order valence-electron chi connectivity index (χ3n) is 5.77. The van der Waals surface area contributed by atoms with Crippen molar-refractivity contribution >= 4 is 12.1 Å². The number of carbonyl (C=O) groups is 2. The first kappa shape index (κ1) is 23.3. The van der Waals surface area contributed by atoms with Crippen molar-refractivity contribution in [2.45, 2.75) is 63.6 Å². The van der Waals surface area contributed by atoms with Crippen molar-refractivity contribution in [3.05, 3.63) is 29.1 Å². The molecule has 0 bridgehead atoms. The molecule has 7 nitrogen and oxygen atoms in total. The van der Waals surface area contributed by atoms with Gasteiger partial charge in [-0.15, -0.1) is 0 Å². The molecule has 172 valence electrons. The lowest BCUT2D eigenvalue weighted by atomic mass is 9.92. The van der Waals surface area contributed by atoms with Gasteiger partial charge in [-0.2, -0.15) is 0 Å². The van der Waals surface area contributed by atoms with E-state index < -0.39 is 23.0 Å². The average molecular weight is 438 g/mol. The van der Waals surface area contributed by atoms with Crippen molar-refractivity contribution < 1.29 is 32.9 Å². The maximum atomic E-state index is 14.5. The maximum Gasteiger partial charge on any atom is 0.410 e. The average Bonchev–Trinajstić information content (AvgIpc) is 3.56. The van der Waals surface area contributed by atoms with E-state index >= 15 is 0 Å². The third-order valence-corrected chi connectivity index (χ3v) is 5.77. The molecule has 0 atom stereocenters. The van der Waals surface area contributed by atoms with E-state index in [2.05, 4.69) is 4.74 Å². The third kappa shape index (κ3) is 5.67. The number of hydrogen-bond donors (Lipinski definition) is 0. The van der Waals surface area contributed by atoms with Crippen LogP contribution in [0.5, 0.6) is 5.75 Å². The number of rotatable bonds is 6. The zero-order valence-electron chi connectivity index (χ0n) is 19.0. The molecule has 2 aliphatic rings. The minimum Gasteiger partial charge on any atom is -0.490 e. The van der Waals surface area contributed by atoms with Gasteiger partial charge in [-0.3, -0.25) is 0 Å². The molecule has 1 aromatic rings. The molecule has 31 heavy (non-hydrogen) atoms. The van der Waals surface area contributed by atoms with Gasteiger partial charge in [0.1, 0.15) is 29.4 Å². The second kappa shape index (κ2) is 9.02. The molecular weight excluding hydrogens is 405 g/mol. The monoisotopic (exact) mass is 437 g/mol. The molecule has 1 saturated carbocycles. The van der Waals surface area contributed by atoms with Crippen LogP contribution in [-0.2, 0) is 14.2 Å².